The number of anilines is 3. The van der Waals surface area contributed by atoms with Crippen LogP contribution in [0.1, 0.15) is 0 Å². The van der Waals surface area contributed by atoms with Gasteiger partial charge < -0.3 is 10.6 Å². The lowest BCUT2D eigenvalue weighted by Crippen LogP contribution is -2.19. The lowest BCUT2D eigenvalue weighted by atomic mass is 10.3. The normalized spacial score (nSPS) is 11.1. The molecule has 0 amide bonds. The van der Waals surface area contributed by atoms with Gasteiger partial charge in [0.25, 0.3) is 10.0 Å². The number of sulfonamides is 1. The molecule has 0 fully saturated rings. The van der Waals surface area contributed by atoms with Crippen molar-refractivity contribution in [3.63, 3.8) is 0 Å². The number of halogens is 4. The Morgan fingerprint density at radius 3 is 1.97 bits per heavy atom. The summed E-state index contributed by atoms with van der Waals surface area (Å²) in [5.41, 5.74) is 1.30. The smallest absolute Gasteiger partial charge is 0.261 e. The van der Waals surface area contributed by atoms with Gasteiger partial charge in [0.2, 0.25) is 0 Å². The minimum atomic E-state index is -3.84. The maximum Gasteiger partial charge on any atom is 0.261 e. The zero-order chi connectivity index (χ0) is 21.9. The fraction of sp³-hybridized carbons (Fsp3) is 0. The molecule has 3 rings (SSSR count). The van der Waals surface area contributed by atoms with Gasteiger partial charge in [-0.2, -0.15) is 0 Å². The zero-order valence-corrected chi connectivity index (χ0v) is 18.8. The van der Waals surface area contributed by atoms with Crippen LogP contribution in [0.3, 0.4) is 0 Å². The molecule has 0 saturated carbocycles. The molecule has 0 spiro atoms. The van der Waals surface area contributed by atoms with E-state index in [4.69, 9.17) is 47.0 Å². The Morgan fingerprint density at radius 2 is 1.37 bits per heavy atom. The van der Waals surface area contributed by atoms with Crippen LogP contribution in [0.5, 0.6) is 0 Å². The van der Waals surface area contributed by atoms with E-state index in [1.807, 2.05) is 0 Å². The second-order valence-corrected chi connectivity index (χ2v) is 9.37. The van der Waals surface area contributed by atoms with E-state index in [-0.39, 0.29) is 20.7 Å². The molecule has 0 atom stereocenters. The molecule has 0 unspecified atom stereocenters. The monoisotopic (exact) mass is 503 g/mol. The minimum Gasteiger partial charge on any atom is -0.332 e. The standard InChI is InChI=1S/C19H13Cl3FN3O2S2/c20-11-7-12(21)9-15(8-11)26-30(27,28)16-4-1-13(2-5-16)24-19(29)25-14-3-6-18(23)17(22)10-14/h1-10,26H,(H2,24,25,29). The average molecular weight is 505 g/mol. The lowest BCUT2D eigenvalue weighted by molar-refractivity contribution is 0.601. The minimum absolute atomic E-state index is 0.0355. The molecular formula is C19H13Cl3FN3O2S2. The number of hydrogen-bond acceptors (Lipinski definition) is 3. The molecule has 0 aliphatic rings. The van der Waals surface area contributed by atoms with Crippen molar-refractivity contribution >= 4 is 79.2 Å². The first-order valence-electron chi connectivity index (χ1n) is 8.24. The van der Waals surface area contributed by atoms with Crippen molar-refractivity contribution in [2.24, 2.45) is 0 Å². The van der Waals surface area contributed by atoms with Gasteiger partial charge in [-0.15, -0.1) is 0 Å². The summed E-state index contributed by atoms with van der Waals surface area (Å²) < 4.78 is 40.8. The Bertz CT molecular complexity index is 1190. The molecular weight excluding hydrogens is 492 g/mol. The van der Waals surface area contributed by atoms with E-state index in [2.05, 4.69) is 15.4 Å². The Kier molecular flexibility index (Phi) is 7.05. The number of nitrogens with one attached hydrogen (secondary N) is 3. The fourth-order valence-corrected chi connectivity index (χ4v) is 4.39. The van der Waals surface area contributed by atoms with E-state index >= 15 is 0 Å². The highest BCUT2D eigenvalue weighted by atomic mass is 35.5. The van der Waals surface area contributed by atoms with E-state index in [0.29, 0.717) is 21.4 Å². The third-order valence-corrected chi connectivity index (χ3v) is 6.04. The van der Waals surface area contributed by atoms with Crippen molar-refractivity contribution in [2.75, 3.05) is 15.4 Å². The van der Waals surface area contributed by atoms with Gasteiger partial charge >= 0.3 is 0 Å². The van der Waals surface area contributed by atoms with Crippen LogP contribution in [0.15, 0.2) is 65.6 Å². The van der Waals surface area contributed by atoms with E-state index in [0.717, 1.165) is 0 Å². The summed E-state index contributed by atoms with van der Waals surface area (Å²) in [5.74, 6) is -0.536. The highest BCUT2D eigenvalue weighted by Gasteiger charge is 2.15. The zero-order valence-electron chi connectivity index (χ0n) is 14.9. The van der Waals surface area contributed by atoms with Crippen molar-refractivity contribution in [3.05, 3.63) is 81.5 Å². The molecule has 30 heavy (non-hydrogen) atoms. The van der Waals surface area contributed by atoms with Crippen LogP contribution >= 0.6 is 47.0 Å². The van der Waals surface area contributed by atoms with Gasteiger partial charge in [-0.05, 0) is 72.9 Å². The van der Waals surface area contributed by atoms with Crippen LogP contribution in [0.4, 0.5) is 21.5 Å². The lowest BCUT2D eigenvalue weighted by Gasteiger charge is -2.12. The largest absolute Gasteiger partial charge is 0.332 e. The molecule has 0 saturated heterocycles. The number of hydrogen-bond donors (Lipinski definition) is 3. The highest BCUT2D eigenvalue weighted by Crippen LogP contribution is 2.25. The molecule has 3 aromatic rings. The maximum absolute atomic E-state index is 13.2. The van der Waals surface area contributed by atoms with Crippen LogP contribution in [0.25, 0.3) is 0 Å². The van der Waals surface area contributed by atoms with Gasteiger partial charge in [0.05, 0.1) is 15.6 Å². The molecule has 0 bridgehead atoms. The quantitative estimate of drug-likeness (QED) is 0.351. The van der Waals surface area contributed by atoms with Crippen LogP contribution in [-0.4, -0.2) is 13.5 Å². The molecule has 0 aliphatic heterocycles. The number of thiocarbonyl (C=S) groups is 1. The molecule has 0 aliphatic carbocycles. The van der Waals surface area contributed by atoms with E-state index in [1.165, 1.54) is 48.5 Å². The SMILES string of the molecule is O=S(=O)(Nc1cc(Cl)cc(Cl)c1)c1ccc(NC(=S)Nc2ccc(F)c(Cl)c2)cc1. The van der Waals surface area contributed by atoms with Gasteiger partial charge in [0, 0.05) is 21.4 Å². The summed E-state index contributed by atoms with van der Waals surface area (Å²) in [4.78, 5) is 0.0355. The molecule has 11 heteroatoms. The molecule has 3 aromatic carbocycles. The molecule has 5 nitrogen and oxygen atoms in total. The van der Waals surface area contributed by atoms with Crippen LogP contribution in [0, 0.1) is 5.82 Å². The first-order chi connectivity index (χ1) is 14.1. The average Bonchev–Trinajstić information content (AvgIpc) is 2.64. The van der Waals surface area contributed by atoms with Crippen molar-refractivity contribution < 1.29 is 12.8 Å². The van der Waals surface area contributed by atoms with Gasteiger partial charge in [0.15, 0.2) is 5.11 Å². The van der Waals surface area contributed by atoms with Crippen molar-refractivity contribution in [3.8, 4) is 0 Å². The molecule has 156 valence electrons. The summed E-state index contributed by atoms with van der Waals surface area (Å²) in [6, 6.07) is 14.4. The third kappa shape index (κ3) is 5.96. The predicted octanol–water partition coefficient (Wildman–Crippen LogP) is 6.40. The fourth-order valence-electron chi connectivity index (χ4n) is 2.41. The van der Waals surface area contributed by atoms with E-state index < -0.39 is 15.8 Å². The second-order valence-electron chi connectivity index (χ2n) is 6.00. The Hall–Kier alpha value is -2.10. The Labute approximate surface area is 193 Å². The third-order valence-electron chi connectivity index (χ3n) is 3.71. The van der Waals surface area contributed by atoms with Gasteiger partial charge in [-0.3, -0.25) is 4.72 Å². The summed E-state index contributed by atoms with van der Waals surface area (Å²) in [6.45, 7) is 0. The van der Waals surface area contributed by atoms with E-state index in [9.17, 15) is 12.8 Å². The van der Waals surface area contributed by atoms with E-state index in [1.54, 1.807) is 12.1 Å². The second kappa shape index (κ2) is 9.36. The Morgan fingerprint density at radius 1 is 0.800 bits per heavy atom. The first kappa shape index (κ1) is 22.6. The van der Waals surface area contributed by atoms with Gasteiger partial charge in [-0.25, -0.2) is 12.8 Å². The highest BCUT2D eigenvalue weighted by molar-refractivity contribution is 7.92. The van der Waals surface area contributed by atoms with Crippen molar-refractivity contribution in [2.45, 2.75) is 4.90 Å². The maximum atomic E-state index is 13.2. The summed E-state index contributed by atoms with van der Waals surface area (Å²) >= 11 is 22.7. The van der Waals surface area contributed by atoms with Crippen LogP contribution in [-0.2, 0) is 10.0 Å². The summed E-state index contributed by atoms with van der Waals surface area (Å²) in [7, 11) is -3.84. The van der Waals surface area contributed by atoms with Crippen LogP contribution < -0.4 is 15.4 Å². The van der Waals surface area contributed by atoms with Crippen molar-refractivity contribution in [1.29, 1.82) is 0 Å². The number of rotatable bonds is 5. The molecule has 3 N–H and O–H groups in total. The van der Waals surface area contributed by atoms with Gasteiger partial charge in [-0.1, -0.05) is 34.8 Å². The molecule has 0 heterocycles. The van der Waals surface area contributed by atoms with Crippen molar-refractivity contribution in [1.82, 2.24) is 0 Å². The predicted molar refractivity (Wildman–Crippen MR) is 125 cm³/mol. The molecule has 0 radical (unpaired) electrons. The molecule has 0 aromatic heterocycles. The summed E-state index contributed by atoms with van der Waals surface area (Å²) in [5, 5.41) is 6.56. The van der Waals surface area contributed by atoms with Crippen LogP contribution in [0.2, 0.25) is 15.1 Å². The Balaban J connectivity index is 1.67. The number of benzene rings is 3. The summed E-state index contributed by atoms with van der Waals surface area (Å²) in [6.07, 6.45) is 0. The van der Waals surface area contributed by atoms with Gasteiger partial charge in [0.1, 0.15) is 5.82 Å². The first-order valence-corrected chi connectivity index (χ1v) is 11.3. The topological polar surface area (TPSA) is 70.2 Å².